The fourth-order valence-electron chi connectivity index (χ4n) is 1.42. The second-order valence-corrected chi connectivity index (χ2v) is 4.81. The third kappa shape index (κ3) is 3.67. The molecule has 0 aromatic carbocycles. The van der Waals surface area contributed by atoms with Crippen LogP contribution in [0.15, 0.2) is 0 Å². The summed E-state index contributed by atoms with van der Waals surface area (Å²) in [5.74, 6) is 1.12. The summed E-state index contributed by atoms with van der Waals surface area (Å²) in [5, 5.41) is 3.98. The van der Waals surface area contributed by atoms with E-state index in [1.165, 1.54) is 12.8 Å². The Bertz CT molecular complexity index is 180. The van der Waals surface area contributed by atoms with Gasteiger partial charge in [0.1, 0.15) is 0 Å². The molecule has 0 aromatic heterocycles. The van der Waals surface area contributed by atoms with Gasteiger partial charge in [0, 0.05) is 17.3 Å². The molecule has 13 heavy (non-hydrogen) atoms. The maximum atomic E-state index is 11.6. The minimum atomic E-state index is 0.220. The third-order valence-corrected chi connectivity index (χ3v) is 3.13. The summed E-state index contributed by atoms with van der Waals surface area (Å²) in [7, 11) is 0. The Morgan fingerprint density at radius 3 is 2.62 bits per heavy atom. The fourth-order valence-corrected chi connectivity index (χ4v) is 2.11. The smallest absolute Gasteiger partial charge is 0.223 e. The molecule has 1 amide bonds. The topological polar surface area (TPSA) is 29.1 Å². The summed E-state index contributed by atoms with van der Waals surface area (Å²) in [4.78, 5) is 11.6. The van der Waals surface area contributed by atoms with Gasteiger partial charge in [-0.05, 0) is 32.1 Å². The molecule has 2 atom stereocenters. The van der Waals surface area contributed by atoms with Crippen LogP contribution in [0.4, 0.5) is 0 Å². The van der Waals surface area contributed by atoms with Gasteiger partial charge in [-0.1, -0.05) is 22.9 Å². The minimum Gasteiger partial charge on any atom is -0.353 e. The number of nitrogens with one attached hydrogen (secondary N) is 1. The summed E-state index contributed by atoms with van der Waals surface area (Å²) in [6.07, 6.45) is 3.48. The van der Waals surface area contributed by atoms with E-state index < -0.39 is 0 Å². The van der Waals surface area contributed by atoms with Gasteiger partial charge in [-0.25, -0.2) is 0 Å². The monoisotopic (exact) mass is 247 g/mol. The molecule has 76 valence electrons. The molecule has 1 fully saturated rings. The van der Waals surface area contributed by atoms with Crippen LogP contribution in [0.25, 0.3) is 0 Å². The number of carbonyl (C=O) groups is 1. The van der Waals surface area contributed by atoms with Gasteiger partial charge in [-0.2, -0.15) is 0 Å². The number of carbonyl (C=O) groups excluding carboxylic acids is 1. The molecule has 2 nitrogen and oxygen atoms in total. The van der Waals surface area contributed by atoms with Gasteiger partial charge in [0.15, 0.2) is 0 Å². The number of alkyl halides is 1. The highest BCUT2D eigenvalue weighted by molar-refractivity contribution is 9.09. The number of hydrogen-bond donors (Lipinski definition) is 1. The average Bonchev–Trinajstić information content (AvgIpc) is 2.85. The van der Waals surface area contributed by atoms with Crippen LogP contribution in [0, 0.1) is 11.8 Å². The lowest BCUT2D eigenvalue weighted by Crippen LogP contribution is -2.37. The first kappa shape index (κ1) is 11.0. The number of rotatable bonds is 5. The predicted octanol–water partition coefficient (Wildman–Crippen LogP) is 2.32. The van der Waals surface area contributed by atoms with Gasteiger partial charge in [0.05, 0.1) is 0 Å². The van der Waals surface area contributed by atoms with E-state index in [2.05, 4.69) is 28.2 Å². The first-order valence-corrected chi connectivity index (χ1v) is 6.13. The van der Waals surface area contributed by atoms with Crippen LogP contribution in [0.2, 0.25) is 0 Å². The van der Waals surface area contributed by atoms with Gasteiger partial charge in [0.2, 0.25) is 5.91 Å². The zero-order valence-electron chi connectivity index (χ0n) is 8.35. The number of amides is 1. The number of hydrogen-bond acceptors (Lipinski definition) is 1. The Hall–Kier alpha value is -0.0500. The van der Waals surface area contributed by atoms with E-state index in [1.807, 2.05) is 6.92 Å². The maximum absolute atomic E-state index is 11.6. The van der Waals surface area contributed by atoms with Crippen molar-refractivity contribution in [2.45, 2.75) is 39.2 Å². The van der Waals surface area contributed by atoms with Crippen molar-refractivity contribution in [1.82, 2.24) is 5.32 Å². The second kappa shape index (κ2) is 4.99. The van der Waals surface area contributed by atoms with Crippen molar-refractivity contribution < 1.29 is 4.79 Å². The molecule has 3 heteroatoms. The lowest BCUT2D eigenvalue weighted by Gasteiger charge is -2.16. The molecule has 0 spiro atoms. The molecular weight excluding hydrogens is 230 g/mol. The molecule has 0 heterocycles. The Kier molecular flexibility index (Phi) is 4.23. The van der Waals surface area contributed by atoms with Crippen molar-refractivity contribution in [2.24, 2.45) is 11.8 Å². The molecule has 0 aromatic rings. The molecule has 1 rings (SSSR count). The summed E-state index contributed by atoms with van der Waals surface area (Å²) < 4.78 is 0. The minimum absolute atomic E-state index is 0.220. The van der Waals surface area contributed by atoms with Gasteiger partial charge in [-0.3, -0.25) is 4.79 Å². The van der Waals surface area contributed by atoms with Crippen LogP contribution in [0.3, 0.4) is 0 Å². The van der Waals surface area contributed by atoms with Crippen LogP contribution >= 0.6 is 15.9 Å². The van der Waals surface area contributed by atoms with Crippen LogP contribution < -0.4 is 5.32 Å². The van der Waals surface area contributed by atoms with Gasteiger partial charge < -0.3 is 5.32 Å². The Morgan fingerprint density at radius 1 is 1.54 bits per heavy atom. The van der Waals surface area contributed by atoms with Crippen molar-refractivity contribution in [2.75, 3.05) is 5.33 Å². The molecule has 1 saturated carbocycles. The molecule has 1 aliphatic rings. The van der Waals surface area contributed by atoms with Gasteiger partial charge >= 0.3 is 0 Å². The van der Waals surface area contributed by atoms with Gasteiger partial charge in [-0.15, -0.1) is 0 Å². The summed E-state index contributed by atoms with van der Waals surface area (Å²) >= 11 is 3.37. The van der Waals surface area contributed by atoms with Crippen molar-refractivity contribution in [3.05, 3.63) is 0 Å². The summed E-state index contributed by atoms with van der Waals surface area (Å²) in [5.41, 5.74) is 0. The van der Waals surface area contributed by atoms with E-state index in [1.54, 1.807) is 0 Å². The maximum Gasteiger partial charge on any atom is 0.223 e. The molecule has 0 radical (unpaired) electrons. The summed E-state index contributed by atoms with van der Waals surface area (Å²) in [6.45, 7) is 4.09. The molecule has 1 aliphatic carbocycles. The highest BCUT2D eigenvalue weighted by Gasteiger charge is 2.32. The largest absolute Gasteiger partial charge is 0.353 e. The predicted molar refractivity (Wildman–Crippen MR) is 57.9 cm³/mol. The lowest BCUT2D eigenvalue weighted by atomic mass is 10.1. The van der Waals surface area contributed by atoms with Crippen molar-refractivity contribution in [3.63, 3.8) is 0 Å². The van der Waals surface area contributed by atoms with Crippen molar-refractivity contribution >= 4 is 21.8 Å². The summed E-state index contributed by atoms with van der Waals surface area (Å²) in [6, 6.07) is 0.299. The Morgan fingerprint density at radius 2 is 2.15 bits per heavy atom. The zero-order valence-corrected chi connectivity index (χ0v) is 9.93. The van der Waals surface area contributed by atoms with E-state index in [0.717, 1.165) is 11.8 Å². The Labute approximate surface area is 88.6 Å². The fraction of sp³-hybridized carbons (Fsp3) is 0.900. The average molecular weight is 248 g/mol. The van der Waals surface area contributed by atoms with Crippen LogP contribution in [-0.2, 0) is 4.79 Å². The molecule has 0 saturated heterocycles. The third-order valence-electron chi connectivity index (χ3n) is 2.67. The zero-order chi connectivity index (χ0) is 9.84. The standard InChI is InChI=1S/C10H18BrNO/c1-7(5-6-11)12-10(13)8(2)9-3-4-9/h7-9H,3-6H2,1-2H3,(H,12,13). The van der Waals surface area contributed by atoms with Crippen molar-refractivity contribution in [3.8, 4) is 0 Å². The SMILES string of the molecule is CC(CCBr)NC(=O)C(C)C1CC1. The first-order valence-electron chi connectivity index (χ1n) is 5.01. The second-order valence-electron chi connectivity index (χ2n) is 4.01. The van der Waals surface area contributed by atoms with Crippen LogP contribution in [0.5, 0.6) is 0 Å². The Balaban J connectivity index is 2.22. The van der Waals surface area contributed by atoms with E-state index in [4.69, 9.17) is 0 Å². The molecule has 2 unspecified atom stereocenters. The molecule has 0 bridgehead atoms. The lowest BCUT2D eigenvalue weighted by molar-refractivity contribution is -0.125. The van der Waals surface area contributed by atoms with Crippen LogP contribution in [-0.4, -0.2) is 17.3 Å². The van der Waals surface area contributed by atoms with E-state index >= 15 is 0 Å². The van der Waals surface area contributed by atoms with Gasteiger partial charge in [0.25, 0.3) is 0 Å². The van der Waals surface area contributed by atoms with Crippen molar-refractivity contribution in [1.29, 1.82) is 0 Å². The molecule has 0 aliphatic heterocycles. The first-order chi connectivity index (χ1) is 6.15. The quantitative estimate of drug-likeness (QED) is 0.743. The highest BCUT2D eigenvalue weighted by Crippen LogP contribution is 2.36. The normalized spacial score (nSPS) is 20.8. The molecular formula is C10H18BrNO. The van der Waals surface area contributed by atoms with E-state index in [9.17, 15) is 4.79 Å². The highest BCUT2D eigenvalue weighted by atomic mass is 79.9. The number of halogens is 1. The van der Waals surface area contributed by atoms with Crippen LogP contribution in [0.1, 0.15) is 33.1 Å². The molecule has 1 N–H and O–H groups in total. The van der Waals surface area contributed by atoms with E-state index in [-0.39, 0.29) is 11.8 Å². The van der Waals surface area contributed by atoms with E-state index in [0.29, 0.717) is 12.0 Å².